The van der Waals surface area contributed by atoms with Crippen LogP contribution in [0.4, 0.5) is 0 Å². The number of benzene rings is 4. The molecular weight excluding hydrogens is 774 g/mol. The van der Waals surface area contributed by atoms with Gasteiger partial charge in [0, 0.05) is 29.7 Å². The van der Waals surface area contributed by atoms with E-state index in [0.717, 1.165) is 37.1 Å². The van der Waals surface area contributed by atoms with Crippen molar-refractivity contribution in [3.63, 3.8) is 0 Å². The molecule has 2 heterocycles. The topological polar surface area (TPSA) is 59.1 Å². The van der Waals surface area contributed by atoms with Crippen molar-refractivity contribution < 1.29 is 34.2 Å². The molecule has 2 aliphatic rings. The van der Waals surface area contributed by atoms with Crippen LogP contribution in [0.2, 0.25) is 5.02 Å². The summed E-state index contributed by atoms with van der Waals surface area (Å²) in [6.07, 6.45) is 0. The number of rotatable bonds is 6. The zero-order valence-electron chi connectivity index (χ0n) is 24.7. The van der Waals surface area contributed by atoms with Crippen molar-refractivity contribution in [1.82, 2.24) is 9.80 Å². The Hall–Kier alpha value is -2.75. The van der Waals surface area contributed by atoms with E-state index in [2.05, 4.69) is 91.1 Å². The summed E-state index contributed by atoms with van der Waals surface area (Å²) in [5.74, 6) is 1.59. The molecule has 0 aliphatic carbocycles. The number of halogens is 3. The molecule has 0 atom stereocenters. The fraction of sp³-hybridized carbons (Fsp3) is 0.257. The molecule has 45 heavy (non-hydrogen) atoms. The van der Waals surface area contributed by atoms with Crippen LogP contribution in [0.25, 0.3) is 0 Å². The molecule has 4 aromatic rings. The summed E-state index contributed by atoms with van der Waals surface area (Å²) in [4.78, 5) is 28.8. The molecule has 2 amide bonds. The van der Waals surface area contributed by atoms with Crippen LogP contribution < -0.4 is 9.47 Å². The second kappa shape index (κ2) is 16.7. The van der Waals surface area contributed by atoms with Gasteiger partial charge >= 0.3 is 25.2 Å². The first-order chi connectivity index (χ1) is 21.2. The number of ether oxygens (including phenoxy) is 2. The molecule has 0 saturated heterocycles. The standard InChI is InChI=1S/C17H16ClNO2.C17H16INO2.CH4.ClH.Cu/c2*1-11-3-5-12(6-4-11)9-19-10-13-7-14(21-2)8-15(18)16(13)17(19)20;;;/h2*3-8H,9-10H2,1-2H3;1H4;1H;/q;;;;+1/p-1. The minimum atomic E-state index is -0.0155. The van der Waals surface area contributed by atoms with E-state index in [1.165, 1.54) is 11.1 Å². The molecule has 6 nitrogen and oxygen atoms in total. The summed E-state index contributed by atoms with van der Waals surface area (Å²) in [5, 5.41) is 0.459. The Morgan fingerprint density at radius 2 is 1.11 bits per heavy atom. The maximum atomic E-state index is 12.6. The van der Waals surface area contributed by atoms with Crippen molar-refractivity contribution in [3.8, 4) is 11.5 Å². The van der Waals surface area contributed by atoms with Gasteiger partial charge in [-0.15, -0.1) is 0 Å². The Morgan fingerprint density at radius 3 is 1.56 bits per heavy atom. The van der Waals surface area contributed by atoms with Gasteiger partial charge in [0.15, 0.2) is 0 Å². The third kappa shape index (κ3) is 8.74. The van der Waals surface area contributed by atoms with Gasteiger partial charge in [0.05, 0.1) is 30.4 Å². The molecule has 0 fully saturated rings. The molecular formula is C35H36Cl2CuIN2O4. The van der Waals surface area contributed by atoms with Crippen LogP contribution in [0, 0.1) is 17.4 Å². The van der Waals surface area contributed by atoms with Gasteiger partial charge in [-0.25, -0.2) is 0 Å². The maximum absolute atomic E-state index is 12.6. The average Bonchev–Trinajstić information content (AvgIpc) is 3.51. The van der Waals surface area contributed by atoms with Gasteiger partial charge in [-0.2, -0.15) is 0 Å². The number of nitrogens with zero attached hydrogens (tertiary/aromatic N) is 2. The molecule has 6 rings (SSSR count). The monoisotopic (exact) mass is 808 g/mol. The summed E-state index contributed by atoms with van der Waals surface area (Å²) in [7, 11) is 7.45. The second-order valence-electron chi connectivity index (χ2n) is 10.6. The van der Waals surface area contributed by atoms with Crippen molar-refractivity contribution in [2.45, 2.75) is 47.5 Å². The Bertz CT molecular complexity index is 1530. The number of fused-ring (bicyclic) bond motifs is 2. The van der Waals surface area contributed by atoms with E-state index in [0.29, 0.717) is 42.5 Å². The van der Waals surface area contributed by atoms with Crippen LogP contribution in [0.15, 0.2) is 72.8 Å². The van der Waals surface area contributed by atoms with Crippen molar-refractivity contribution in [2.75, 3.05) is 14.2 Å². The number of hydrogen-bond donors (Lipinski definition) is 0. The number of aryl methyl sites for hydroxylation is 2. The fourth-order valence-corrected chi connectivity index (χ4v) is 6.38. The summed E-state index contributed by atoms with van der Waals surface area (Å²) < 4.78 is 11.5. The van der Waals surface area contributed by atoms with Crippen molar-refractivity contribution in [1.29, 1.82) is 0 Å². The van der Waals surface area contributed by atoms with E-state index >= 15 is 0 Å². The molecule has 0 saturated carbocycles. The molecule has 10 heteroatoms. The molecule has 0 unspecified atom stereocenters. The van der Waals surface area contributed by atoms with Gasteiger partial charge in [0.25, 0.3) is 11.8 Å². The van der Waals surface area contributed by atoms with Crippen molar-refractivity contribution in [3.05, 3.63) is 126 Å². The van der Waals surface area contributed by atoms with Gasteiger partial charge in [0.2, 0.25) is 0 Å². The molecule has 4 aromatic carbocycles. The van der Waals surface area contributed by atoms with E-state index < -0.39 is 0 Å². The van der Waals surface area contributed by atoms with Crippen LogP contribution in [0.3, 0.4) is 0 Å². The summed E-state index contributed by atoms with van der Waals surface area (Å²) in [5.41, 5.74) is 8.12. The van der Waals surface area contributed by atoms with E-state index in [4.69, 9.17) is 21.1 Å². The first-order valence-corrected chi connectivity index (χ1v) is 16.5. The van der Waals surface area contributed by atoms with Crippen molar-refractivity contribution >= 4 is 56.1 Å². The fourth-order valence-electron chi connectivity index (χ4n) is 5.19. The zero-order chi connectivity index (χ0) is 32.0. The van der Waals surface area contributed by atoms with Gasteiger partial charge in [0.1, 0.15) is 11.5 Å². The van der Waals surface area contributed by atoms with Gasteiger partial charge in [-0.3, -0.25) is 9.59 Å². The second-order valence-corrected chi connectivity index (χ2v) is 12.1. The summed E-state index contributed by atoms with van der Waals surface area (Å²) in [6, 6.07) is 24.0. The third-order valence-electron chi connectivity index (χ3n) is 7.47. The number of carbonyl (C=O) groups excluding carboxylic acids is 2. The first kappa shape index (κ1) is 36.7. The third-order valence-corrected chi connectivity index (χ3v) is 8.62. The molecule has 0 N–H and O–H groups in total. The molecule has 242 valence electrons. The molecule has 0 bridgehead atoms. The summed E-state index contributed by atoms with van der Waals surface area (Å²) >= 11 is 12.1. The number of carbonyl (C=O) groups is 2. The summed E-state index contributed by atoms with van der Waals surface area (Å²) in [6.45, 7) is 6.56. The molecule has 0 radical (unpaired) electrons. The predicted octanol–water partition coefficient (Wildman–Crippen LogP) is 8.90. The molecule has 2 aliphatic heterocycles. The van der Waals surface area contributed by atoms with E-state index in [9.17, 15) is 9.59 Å². The Balaban J connectivity index is 0.000000228. The van der Waals surface area contributed by atoms with E-state index in [1.807, 2.05) is 42.2 Å². The molecule has 0 spiro atoms. The van der Waals surface area contributed by atoms with Crippen LogP contribution in [0.1, 0.15) is 61.5 Å². The van der Waals surface area contributed by atoms with Gasteiger partial charge in [-0.05, 0) is 83.0 Å². The Kier molecular flexibility index (Phi) is 13.6. The number of amides is 2. The van der Waals surface area contributed by atoms with Gasteiger partial charge in [-0.1, -0.05) is 78.7 Å². The Morgan fingerprint density at radius 1 is 0.711 bits per heavy atom. The van der Waals surface area contributed by atoms with Crippen molar-refractivity contribution in [2.24, 2.45) is 0 Å². The zero-order valence-corrected chi connectivity index (χ0v) is 29.3. The van der Waals surface area contributed by atoms with Crippen LogP contribution >= 0.6 is 44.3 Å². The number of methoxy groups -OCH3 is 2. The average molecular weight is 810 g/mol. The SMILES string of the molecule is C.COc1cc(Cl)c2c(c1)CN(Cc1ccc(C)cc1)C2=O.COc1cc(I)c2c(c1)CN(Cc1ccc(C)cc1)C2=O.[Cl][Cu]. The predicted molar refractivity (Wildman–Crippen MR) is 186 cm³/mol. The normalized spacial score (nSPS) is 12.7. The quantitative estimate of drug-likeness (QED) is 0.144. The van der Waals surface area contributed by atoms with E-state index in [1.54, 1.807) is 25.2 Å². The van der Waals surface area contributed by atoms with Crippen LogP contribution in [-0.4, -0.2) is 35.8 Å². The minimum absolute atomic E-state index is 0. The van der Waals surface area contributed by atoms with Gasteiger partial charge < -0.3 is 19.3 Å². The molecule has 0 aromatic heterocycles. The first-order valence-electron chi connectivity index (χ1n) is 13.7. The number of hydrogen-bond acceptors (Lipinski definition) is 4. The Labute approximate surface area is 297 Å². The van der Waals surface area contributed by atoms with E-state index in [-0.39, 0.29) is 19.2 Å². The van der Waals surface area contributed by atoms with Crippen LogP contribution in [-0.2, 0) is 41.3 Å². The van der Waals surface area contributed by atoms with Crippen LogP contribution in [0.5, 0.6) is 11.5 Å².